The summed E-state index contributed by atoms with van der Waals surface area (Å²) in [5.41, 5.74) is 2.44. The van der Waals surface area contributed by atoms with E-state index in [9.17, 15) is 14.4 Å². The Balaban J connectivity index is 1.36. The number of nitrogens with zero attached hydrogens (tertiary/aromatic N) is 2. The topological polar surface area (TPSA) is 101 Å². The zero-order valence-corrected chi connectivity index (χ0v) is 17.7. The van der Waals surface area contributed by atoms with E-state index in [1.807, 2.05) is 25.1 Å². The highest BCUT2D eigenvalue weighted by molar-refractivity contribution is 8.01. The highest BCUT2D eigenvalue weighted by Crippen LogP contribution is 2.34. The van der Waals surface area contributed by atoms with Crippen LogP contribution in [0.3, 0.4) is 0 Å². The van der Waals surface area contributed by atoms with Crippen LogP contribution in [0.2, 0.25) is 0 Å². The molecule has 0 bridgehead atoms. The maximum absolute atomic E-state index is 12.7. The summed E-state index contributed by atoms with van der Waals surface area (Å²) in [6.07, 6.45) is 4.09. The fraction of sp³-hybridized carbons (Fsp3) is 0.474. The van der Waals surface area contributed by atoms with Crippen molar-refractivity contribution in [3.8, 4) is 5.75 Å². The molecule has 0 atom stereocenters. The molecule has 1 aromatic carbocycles. The van der Waals surface area contributed by atoms with Crippen LogP contribution >= 0.6 is 23.1 Å². The van der Waals surface area contributed by atoms with Crippen LogP contribution in [0.1, 0.15) is 39.0 Å². The van der Waals surface area contributed by atoms with E-state index < -0.39 is 17.5 Å². The summed E-state index contributed by atoms with van der Waals surface area (Å²) in [6.45, 7) is 2.52. The minimum atomic E-state index is -0.846. The Morgan fingerprint density at radius 3 is 2.90 bits per heavy atom. The average molecular weight is 435 g/mol. The van der Waals surface area contributed by atoms with Crippen LogP contribution in [0, 0.1) is 0 Å². The van der Waals surface area contributed by atoms with Gasteiger partial charge < -0.3 is 10.1 Å². The van der Waals surface area contributed by atoms with Crippen molar-refractivity contribution >= 4 is 51.2 Å². The number of thiazole rings is 1. The second kappa shape index (κ2) is 8.19. The van der Waals surface area contributed by atoms with Crippen LogP contribution in [-0.2, 0) is 9.59 Å². The van der Waals surface area contributed by atoms with Gasteiger partial charge in [0, 0.05) is 0 Å². The minimum Gasteiger partial charge on any atom is -0.494 e. The Morgan fingerprint density at radius 2 is 2.14 bits per heavy atom. The predicted octanol–water partition coefficient (Wildman–Crippen LogP) is 3.07. The molecule has 4 amide bonds. The summed E-state index contributed by atoms with van der Waals surface area (Å²) in [6, 6.07) is 5.12. The molecular formula is C19H22N4O4S2. The highest BCUT2D eigenvalue weighted by atomic mass is 32.2. The third-order valence-corrected chi connectivity index (χ3v) is 7.24. The third kappa shape index (κ3) is 4.04. The van der Waals surface area contributed by atoms with E-state index in [4.69, 9.17) is 4.74 Å². The molecule has 1 aliphatic carbocycles. The summed E-state index contributed by atoms with van der Waals surface area (Å²) in [7, 11) is 0. The van der Waals surface area contributed by atoms with Gasteiger partial charge in [-0.3, -0.25) is 15.0 Å². The molecule has 0 unspecified atom stereocenters. The van der Waals surface area contributed by atoms with E-state index in [-0.39, 0.29) is 11.7 Å². The smallest absolute Gasteiger partial charge is 0.344 e. The van der Waals surface area contributed by atoms with Gasteiger partial charge in [0.2, 0.25) is 5.91 Å². The van der Waals surface area contributed by atoms with Crippen molar-refractivity contribution in [3.63, 3.8) is 0 Å². The number of nitrogens with one attached hydrogen (secondary N) is 2. The molecule has 0 radical (unpaired) electrons. The second-order valence-corrected chi connectivity index (χ2v) is 9.33. The summed E-state index contributed by atoms with van der Waals surface area (Å²) in [4.78, 5) is 41.8. The van der Waals surface area contributed by atoms with Gasteiger partial charge in [-0.05, 0) is 38.0 Å². The standard InChI is InChI=1S/C19H22N4O4S2/c1-2-27-12-6-7-13-14(10-12)29-18(20-13)28-11-15(24)22-23-16(25)19(21-17(23)26)8-4-3-5-9-19/h6-7,10H,2-5,8-9,11H2,1H3,(H,21,26)(H,22,24). The number of aromatic nitrogens is 1. The SMILES string of the molecule is CCOc1ccc2nc(SCC(=O)NN3C(=O)NC4(CCCCC4)C3=O)sc2c1. The van der Waals surface area contributed by atoms with Gasteiger partial charge in [0.25, 0.3) is 5.91 Å². The molecule has 1 aliphatic heterocycles. The van der Waals surface area contributed by atoms with Crippen molar-refractivity contribution in [3.05, 3.63) is 18.2 Å². The number of imide groups is 1. The molecule has 2 heterocycles. The first-order valence-corrected chi connectivity index (χ1v) is 11.4. The van der Waals surface area contributed by atoms with Gasteiger partial charge in [-0.1, -0.05) is 31.0 Å². The quantitative estimate of drug-likeness (QED) is 0.535. The summed E-state index contributed by atoms with van der Waals surface area (Å²) >= 11 is 2.74. The molecule has 1 spiro atoms. The van der Waals surface area contributed by atoms with Gasteiger partial charge >= 0.3 is 6.03 Å². The van der Waals surface area contributed by atoms with Crippen molar-refractivity contribution < 1.29 is 19.1 Å². The molecule has 2 aliphatic rings. The van der Waals surface area contributed by atoms with Gasteiger partial charge in [-0.25, -0.2) is 9.78 Å². The van der Waals surface area contributed by atoms with Crippen molar-refractivity contribution in [1.29, 1.82) is 0 Å². The first kappa shape index (κ1) is 20.0. The summed E-state index contributed by atoms with van der Waals surface area (Å²) in [5, 5.41) is 3.61. The van der Waals surface area contributed by atoms with Gasteiger partial charge in [0.15, 0.2) is 4.34 Å². The van der Waals surface area contributed by atoms with Crippen molar-refractivity contribution in [1.82, 2.24) is 20.7 Å². The van der Waals surface area contributed by atoms with Crippen LogP contribution in [0.5, 0.6) is 5.75 Å². The van der Waals surface area contributed by atoms with Gasteiger partial charge in [-0.2, -0.15) is 5.01 Å². The lowest BCUT2D eigenvalue weighted by molar-refractivity contribution is -0.139. The largest absolute Gasteiger partial charge is 0.494 e. The molecule has 4 rings (SSSR count). The Hall–Kier alpha value is -2.33. The number of urea groups is 1. The Morgan fingerprint density at radius 1 is 1.34 bits per heavy atom. The molecular weight excluding hydrogens is 412 g/mol. The number of rotatable bonds is 6. The van der Waals surface area contributed by atoms with Gasteiger partial charge in [-0.15, -0.1) is 11.3 Å². The van der Waals surface area contributed by atoms with E-state index in [0.717, 1.165) is 44.6 Å². The fourth-order valence-corrected chi connectivity index (χ4v) is 5.59. The number of ether oxygens (including phenoxy) is 1. The van der Waals surface area contributed by atoms with Crippen molar-refractivity contribution in [2.45, 2.75) is 48.9 Å². The number of carbonyl (C=O) groups is 3. The highest BCUT2D eigenvalue weighted by Gasteiger charge is 2.52. The summed E-state index contributed by atoms with van der Waals surface area (Å²) in [5.74, 6) is 0.0695. The maximum atomic E-state index is 12.7. The average Bonchev–Trinajstić information content (AvgIpc) is 3.21. The fourth-order valence-electron chi connectivity index (χ4n) is 3.70. The number of carbonyl (C=O) groups excluding carboxylic acids is 3. The molecule has 1 saturated carbocycles. The van der Waals surface area contributed by atoms with Crippen LogP contribution in [0.25, 0.3) is 10.2 Å². The monoisotopic (exact) mass is 434 g/mol. The number of thioether (sulfide) groups is 1. The maximum Gasteiger partial charge on any atom is 0.344 e. The predicted molar refractivity (Wildman–Crippen MR) is 111 cm³/mol. The van der Waals surface area contributed by atoms with E-state index in [1.165, 1.54) is 23.1 Å². The molecule has 29 heavy (non-hydrogen) atoms. The van der Waals surface area contributed by atoms with E-state index >= 15 is 0 Å². The lowest BCUT2D eigenvalue weighted by Crippen LogP contribution is -2.51. The number of hydrogen-bond acceptors (Lipinski definition) is 7. The van der Waals surface area contributed by atoms with Gasteiger partial charge in [0.1, 0.15) is 11.3 Å². The first-order chi connectivity index (χ1) is 14.0. The Labute approximate surface area is 176 Å². The third-order valence-electron chi connectivity index (χ3n) is 5.08. The van der Waals surface area contributed by atoms with Crippen LogP contribution in [-0.4, -0.2) is 45.7 Å². The molecule has 10 heteroatoms. The van der Waals surface area contributed by atoms with E-state index in [2.05, 4.69) is 15.7 Å². The van der Waals surface area contributed by atoms with Gasteiger partial charge in [0.05, 0.1) is 22.6 Å². The van der Waals surface area contributed by atoms with E-state index in [0.29, 0.717) is 19.4 Å². The van der Waals surface area contributed by atoms with E-state index in [1.54, 1.807) is 0 Å². The molecule has 154 valence electrons. The zero-order valence-electron chi connectivity index (χ0n) is 16.0. The lowest BCUT2D eigenvalue weighted by atomic mass is 9.82. The molecule has 2 N–H and O–H groups in total. The number of fused-ring (bicyclic) bond motifs is 1. The Bertz CT molecular complexity index is 955. The molecule has 1 saturated heterocycles. The van der Waals surface area contributed by atoms with Crippen LogP contribution in [0.15, 0.2) is 22.5 Å². The Kier molecular flexibility index (Phi) is 5.64. The number of benzene rings is 1. The molecule has 1 aromatic heterocycles. The van der Waals surface area contributed by atoms with Crippen LogP contribution < -0.4 is 15.5 Å². The summed E-state index contributed by atoms with van der Waals surface area (Å²) < 4.78 is 7.22. The van der Waals surface area contributed by atoms with Crippen molar-refractivity contribution in [2.75, 3.05) is 12.4 Å². The molecule has 2 aromatic rings. The van der Waals surface area contributed by atoms with Crippen molar-refractivity contribution in [2.24, 2.45) is 0 Å². The second-order valence-electron chi connectivity index (χ2n) is 7.08. The minimum absolute atomic E-state index is 0.0577. The number of hydrazine groups is 1. The normalized spacial score (nSPS) is 18.3. The number of hydrogen-bond donors (Lipinski definition) is 2. The first-order valence-electron chi connectivity index (χ1n) is 9.63. The van der Waals surface area contributed by atoms with Crippen LogP contribution in [0.4, 0.5) is 4.79 Å². The number of amides is 4. The zero-order chi connectivity index (χ0) is 20.4. The molecule has 8 nitrogen and oxygen atoms in total. The lowest BCUT2D eigenvalue weighted by Gasteiger charge is -2.30. The molecule has 2 fully saturated rings.